The van der Waals surface area contributed by atoms with E-state index in [1.54, 1.807) is 43.6 Å². The van der Waals surface area contributed by atoms with Gasteiger partial charge in [-0.15, -0.1) is 0 Å². The zero-order chi connectivity index (χ0) is 20.6. The molecule has 0 spiro atoms. The molecule has 0 aliphatic heterocycles. The number of hydrogen-bond acceptors (Lipinski definition) is 5. The first-order valence-electron chi connectivity index (χ1n) is 9.28. The fourth-order valence-electron chi connectivity index (χ4n) is 2.87. The number of benzene rings is 1. The molecule has 0 saturated carbocycles. The molecule has 1 amide bonds. The fourth-order valence-corrected chi connectivity index (χ4v) is 2.87. The first kappa shape index (κ1) is 20.0. The molecule has 2 heterocycles. The van der Waals surface area contributed by atoms with Crippen molar-refractivity contribution in [1.29, 1.82) is 5.26 Å². The van der Waals surface area contributed by atoms with E-state index in [2.05, 4.69) is 21.5 Å². The third kappa shape index (κ3) is 5.36. The van der Waals surface area contributed by atoms with Crippen LogP contribution in [0.4, 0.5) is 0 Å². The van der Waals surface area contributed by atoms with Crippen LogP contribution in [0.5, 0.6) is 0 Å². The molecule has 1 aromatic carbocycles. The van der Waals surface area contributed by atoms with Gasteiger partial charge in [0.2, 0.25) is 5.91 Å². The van der Waals surface area contributed by atoms with Crippen molar-refractivity contribution >= 4 is 5.91 Å². The average molecular weight is 387 g/mol. The molecule has 0 saturated heterocycles. The van der Waals surface area contributed by atoms with E-state index >= 15 is 0 Å². The summed E-state index contributed by atoms with van der Waals surface area (Å²) in [4.78, 5) is 29.4. The summed E-state index contributed by atoms with van der Waals surface area (Å²) in [6.07, 6.45) is 3.90. The number of amides is 1. The second-order valence-electron chi connectivity index (χ2n) is 6.67. The third-order valence-corrected chi connectivity index (χ3v) is 4.58. The van der Waals surface area contributed by atoms with Gasteiger partial charge in [0.25, 0.3) is 5.56 Å². The Morgan fingerprint density at radius 2 is 2.00 bits per heavy atom. The average Bonchev–Trinajstić information content (AvgIpc) is 2.75. The van der Waals surface area contributed by atoms with Crippen LogP contribution in [-0.2, 0) is 30.7 Å². The van der Waals surface area contributed by atoms with E-state index in [0.29, 0.717) is 36.2 Å². The van der Waals surface area contributed by atoms with Crippen molar-refractivity contribution in [2.24, 2.45) is 0 Å². The van der Waals surface area contributed by atoms with Crippen molar-refractivity contribution in [3.63, 3.8) is 0 Å². The Balaban J connectivity index is 1.63. The maximum atomic E-state index is 12.8. The summed E-state index contributed by atoms with van der Waals surface area (Å²) in [7, 11) is 0. The number of aryl methyl sites for hydroxylation is 3. The summed E-state index contributed by atoms with van der Waals surface area (Å²) in [5.74, 6) is -0.239. The summed E-state index contributed by atoms with van der Waals surface area (Å²) in [6.45, 7) is 2.51. The number of nitrogens with zero attached hydrogens (tertiary/aromatic N) is 4. The predicted molar refractivity (Wildman–Crippen MR) is 108 cm³/mol. The Kier molecular flexibility index (Phi) is 6.48. The van der Waals surface area contributed by atoms with Crippen molar-refractivity contribution in [2.75, 3.05) is 0 Å². The Hall–Kier alpha value is -3.79. The lowest BCUT2D eigenvalue weighted by Gasteiger charge is -2.10. The molecule has 3 rings (SSSR count). The van der Waals surface area contributed by atoms with E-state index in [1.807, 2.05) is 18.2 Å². The molecule has 1 N–H and O–H groups in total. The molecule has 7 nitrogen and oxygen atoms in total. The van der Waals surface area contributed by atoms with E-state index in [1.165, 1.54) is 4.68 Å². The van der Waals surface area contributed by atoms with Gasteiger partial charge in [0.1, 0.15) is 0 Å². The van der Waals surface area contributed by atoms with Crippen LogP contribution in [0.3, 0.4) is 0 Å². The maximum absolute atomic E-state index is 12.8. The van der Waals surface area contributed by atoms with Crippen molar-refractivity contribution in [3.05, 3.63) is 93.2 Å². The highest BCUT2D eigenvalue weighted by molar-refractivity contribution is 5.78. The zero-order valence-electron chi connectivity index (χ0n) is 16.1. The largest absolute Gasteiger partial charge is 0.352 e. The van der Waals surface area contributed by atoms with Crippen LogP contribution in [0.25, 0.3) is 0 Å². The Labute approximate surface area is 168 Å². The summed E-state index contributed by atoms with van der Waals surface area (Å²) in [5.41, 5.74) is 3.21. The van der Waals surface area contributed by atoms with Gasteiger partial charge in [-0.05, 0) is 42.3 Å². The Bertz CT molecular complexity index is 1080. The van der Waals surface area contributed by atoms with Crippen LogP contribution in [0.15, 0.2) is 59.7 Å². The summed E-state index contributed by atoms with van der Waals surface area (Å²) >= 11 is 0. The number of aromatic nitrogens is 3. The molecule has 0 aliphatic rings. The van der Waals surface area contributed by atoms with Crippen LogP contribution < -0.4 is 10.9 Å². The van der Waals surface area contributed by atoms with E-state index in [0.717, 1.165) is 11.3 Å². The van der Waals surface area contributed by atoms with Gasteiger partial charge in [0.05, 0.1) is 30.8 Å². The van der Waals surface area contributed by atoms with Crippen LogP contribution in [0.2, 0.25) is 0 Å². The summed E-state index contributed by atoms with van der Waals surface area (Å²) in [5, 5.41) is 15.8. The molecule has 0 aliphatic carbocycles. The highest BCUT2D eigenvalue weighted by Crippen LogP contribution is 2.05. The normalized spacial score (nSPS) is 10.3. The van der Waals surface area contributed by atoms with E-state index in [9.17, 15) is 9.59 Å². The number of carbonyl (C=O) groups excluding carboxylic acids is 1. The smallest absolute Gasteiger partial charge is 0.270 e. The molecular weight excluding hydrogens is 366 g/mol. The molecule has 146 valence electrons. The van der Waals surface area contributed by atoms with Crippen LogP contribution in [0.1, 0.15) is 27.9 Å². The minimum atomic E-state index is -0.255. The monoisotopic (exact) mass is 387 g/mol. The second kappa shape index (κ2) is 9.42. The Morgan fingerprint density at radius 1 is 1.21 bits per heavy atom. The number of nitrogens with one attached hydrogen (secondary N) is 1. The highest BCUT2D eigenvalue weighted by atomic mass is 16.2. The Morgan fingerprint density at radius 3 is 2.69 bits per heavy atom. The van der Waals surface area contributed by atoms with Gasteiger partial charge >= 0.3 is 0 Å². The number of nitriles is 1. The van der Waals surface area contributed by atoms with Gasteiger partial charge in [-0.2, -0.15) is 10.4 Å². The number of rotatable bonds is 7. The quantitative estimate of drug-likeness (QED) is 0.667. The minimum absolute atomic E-state index is 0.00689. The lowest BCUT2D eigenvalue weighted by Crippen LogP contribution is -2.32. The molecule has 0 fully saturated rings. The van der Waals surface area contributed by atoms with E-state index < -0.39 is 0 Å². The van der Waals surface area contributed by atoms with Crippen LogP contribution in [0, 0.1) is 18.3 Å². The van der Waals surface area contributed by atoms with Crippen LogP contribution in [-0.4, -0.2) is 20.7 Å². The van der Waals surface area contributed by atoms with Gasteiger partial charge in [0, 0.05) is 30.4 Å². The highest BCUT2D eigenvalue weighted by Gasteiger charge is 2.13. The topological polar surface area (TPSA) is 101 Å². The van der Waals surface area contributed by atoms with Crippen molar-refractivity contribution < 1.29 is 4.79 Å². The number of pyridine rings is 1. The molecule has 3 aromatic rings. The summed E-state index contributed by atoms with van der Waals surface area (Å²) < 4.78 is 1.38. The molecule has 0 atom stereocenters. The fraction of sp³-hybridized carbons (Fsp3) is 0.227. The van der Waals surface area contributed by atoms with Gasteiger partial charge in [0.15, 0.2) is 0 Å². The van der Waals surface area contributed by atoms with Gasteiger partial charge < -0.3 is 5.32 Å². The molecule has 0 unspecified atom stereocenters. The molecule has 2 aromatic heterocycles. The molecule has 0 radical (unpaired) electrons. The van der Waals surface area contributed by atoms with E-state index in [-0.39, 0.29) is 17.9 Å². The summed E-state index contributed by atoms with van der Waals surface area (Å²) in [6, 6.07) is 14.7. The first-order chi connectivity index (χ1) is 14.1. The number of carbonyl (C=O) groups is 1. The van der Waals surface area contributed by atoms with Gasteiger partial charge in [-0.3, -0.25) is 14.6 Å². The number of hydrogen-bond donors (Lipinski definition) is 1. The third-order valence-electron chi connectivity index (χ3n) is 4.58. The van der Waals surface area contributed by atoms with Crippen molar-refractivity contribution in [1.82, 2.24) is 20.1 Å². The second-order valence-corrected chi connectivity index (χ2v) is 6.67. The maximum Gasteiger partial charge on any atom is 0.270 e. The standard InChI is InChI=1S/C22H21N5O2/c1-16-14-26-27(11-9-19-4-2-3-10-24-19)22(29)20(16)12-21(28)25-15-18-7-5-17(13-23)6-8-18/h2-8,10,14H,9,11-12,15H2,1H3,(H,25,28). The lowest BCUT2D eigenvalue weighted by molar-refractivity contribution is -0.120. The zero-order valence-corrected chi connectivity index (χ0v) is 16.1. The predicted octanol–water partition coefficient (Wildman–Crippen LogP) is 1.92. The van der Waals surface area contributed by atoms with E-state index in [4.69, 9.17) is 5.26 Å². The van der Waals surface area contributed by atoms with Crippen LogP contribution >= 0.6 is 0 Å². The molecular formula is C22H21N5O2. The molecule has 7 heteroatoms. The van der Waals surface area contributed by atoms with Gasteiger partial charge in [-0.25, -0.2) is 4.68 Å². The molecule has 29 heavy (non-hydrogen) atoms. The van der Waals surface area contributed by atoms with Gasteiger partial charge in [-0.1, -0.05) is 18.2 Å². The van der Waals surface area contributed by atoms with Crippen molar-refractivity contribution in [3.8, 4) is 6.07 Å². The lowest BCUT2D eigenvalue weighted by atomic mass is 10.1. The SMILES string of the molecule is Cc1cnn(CCc2ccccn2)c(=O)c1CC(=O)NCc1ccc(C#N)cc1. The molecule has 0 bridgehead atoms. The van der Waals surface area contributed by atoms with Crippen molar-refractivity contribution in [2.45, 2.75) is 32.9 Å². The first-order valence-corrected chi connectivity index (χ1v) is 9.28. The minimum Gasteiger partial charge on any atom is -0.352 e.